The molecule has 1 aliphatic carbocycles. The Kier molecular flexibility index (Phi) is 2.69. The van der Waals surface area contributed by atoms with Gasteiger partial charge >= 0.3 is 0 Å². The Morgan fingerprint density at radius 2 is 2.07 bits per heavy atom. The summed E-state index contributed by atoms with van der Waals surface area (Å²) in [6.45, 7) is 1.63. The zero-order chi connectivity index (χ0) is 10.0. The van der Waals surface area contributed by atoms with Crippen molar-refractivity contribution in [1.29, 1.82) is 0 Å². The standard InChI is InChI=1S/C9H13BrN4/c10-7-3-12-8(13-4-7)14-6-9(5-11)1-2-9/h3-4H,1-2,5-6,11H2,(H,12,13,14). The summed E-state index contributed by atoms with van der Waals surface area (Å²) in [6.07, 6.45) is 5.90. The molecule has 14 heavy (non-hydrogen) atoms. The van der Waals surface area contributed by atoms with Crippen LogP contribution in [0.25, 0.3) is 0 Å². The number of rotatable bonds is 4. The normalized spacial score (nSPS) is 17.9. The van der Waals surface area contributed by atoms with Crippen molar-refractivity contribution in [3.05, 3.63) is 16.9 Å². The first-order valence-corrected chi connectivity index (χ1v) is 5.45. The van der Waals surface area contributed by atoms with Gasteiger partial charge in [-0.2, -0.15) is 0 Å². The highest BCUT2D eigenvalue weighted by Crippen LogP contribution is 2.44. The molecule has 1 heterocycles. The molecule has 4 nitrogen and oxygen atoms in total. The third-order valence-electron chi connectivity index (χ3n) is 2.63. The predicted molar refractivity (Wildman–Crippen MR) is 58.9 cm³/mol. The number of hydrogen-bond acceptors (Lipinski definition) is 4. The molecule has 5 heteroatoms. The summed E-state index contributed by atoms with van der Waals surface area (Å²) in [5.41, 5.74) is 5.98. The highest BCUT2D eigenvalue weighted by atomic mass is 79.9. The lowest BCUT2D eigenvalue weighted by Gasteiger charge is -2.12. The van der Waals surface area contributed by atoms with Gasteiger partial charge in [0, 0.05) is 18.9 Å². The molecule has 1 saturated carbocycles. The summed E-state index contributed by atoms with van der Waals surface area (Å²) in [7, 11) is 0. The van der Waals surface area contributed by atoms with Gasteiger partial charge in [0.2, 0.25) is 5.95 Å². The van der Waals surface area contributed by atoms with Gasteiger partial charge in [0.15, 0.2) is 0 Å². The van der Waals surface area contributed by atoms with E-state index in [2.05, 4.69) is 31.2 Å². The van der Waals surface area contributed by atoms with E-state index in [1.54, 1.807) is 12.4 Å². The van der Waals surface area contributed by atoms with Gasteiger partial charge in [-0.25, -0.2) is 9.97 Å². The molecule has 1 aromatic rings. The van der Waals surface area contributed by atoms with Crippen molar-refractivity contribution in [1.82, 2.24) is 9.97 Å². The molecule has 0 spiro atoms. The molecule has 1 aliphatic rings. The van der Waals surface area contributed by atoms with Crippen molar-refractivity contribution in [2.75, 3.05) is 18.4 Å². The topological polar surface area (TPSA) is 63.8 Å². The van der Waals surface area contributed by atoms with Crippen LogP contribution in [0.3, 0.4) is 0 Å². The number of nitrogens with two attached hydrogens (primary N) is 1. The maximum Gasteiger partial charge on any atom is 0.222 e. The molecule has 0 aromatic carbocycles. The Morgan fingerprint density at radius 1 is 1.43 bits per heavy atom. The summed E-state index contributed by atoms with van der Waals surface area (Å²) in [4.78, 5) is 8.27. The van der Waals surface area contributed by atoms with Gasteiger partial charge in [0.25, 0.3) is 0 Å². The molecule has 0 unspecified atom stereocenters. The van der Waals surface area contributed by atoms with E-state index in [-0.39, 0.29) is 0 Å². The summed E-state index contributed by atoms with van der Waals surface area (Å²) < 4.78 is 0.892. The third kappa shape index (κ3) is 2.22. The summed E-state index contributed by atoms with van der Waals surface area (Å²) in [5.74, 6) is 0.674. The Bertz CT molecular complexity index is 307. The molecular formula is C9H13BrN4. The first kappa shape index (κ1) is 9.86. The van der Waals surface area contributed by atoms with Gasteiger partial charge in [0.1, 0.15) is 0 Å². The molecule has 0 radical (unpaired) electrons. The van der Waals surface area contributed by atoms with Gasteiger partial charge < -0.3 is 11.1 Å². The monoisotopic (exact) mass is 256 g/mol. The van der Waals surface area contributed by atoms with Crippen LogP contribution in [0, 0.1) is 5.41 Å². The summed E-state index contributed by atoms with van der Waals surface area (Å²) >= 11 is 3.29. The fourth-order valence-corrected chi connectivity index (χ4v) is 1.50. The molecule has 0 atom stereocenters. The SMILES string of the molecule is NCC1(CNc2ncc(Br)cn2)CC1. The van der Waals surface area contributed by atoms with Crippen LogP contribution in [-0.4, -0.2) is 23.1 Å². The molecule has 0 aliphatic heterocycles. The average Bonchev–Trinajstić information content (AvgIpc) is 2.98. The summed E-state index contributed by atoms with van der Waals surface area (Å²) in [6, 6.07) is 0. The van der Waals surface area contributed by atoms with Gasteiger partial charge in [-0.3, -0.25) is 0 Å². The van der Waals surface area contributed by atoms with Crippen LogP contribution in [0.1, 0.15) is 12.8 Å². The van der Waals surface area contributed by atoms with Crippen molar-refractivity contribution in [2.24, 2.45) is 11.1 Å². The van der Waals surface area contributed by atoms with E-state index < -0.39 is 0 Å². The minimum Gasteiger partial charge on any atom is -0.354 e. The van der Waals surface area contributed by atoms with E-state index >= 15 is 0 Å². The van der Waals surface area contributed by atoms with Gasteiger partial charge in [-0.05, 0) is 40.7 Å². The van der Waals surface area contributed by atoms with Gasteiger partial charge in [-0.1, -0.05) is 0 Å². The fraction of sp³-hybridized carbons (Fsp3) is 0.556. The highest BCUT2D eigenvalue weighted by molar-refractivity contribution is 9.10. The van der Waals surface area contributed by atoms with E-state index in [0.717, 1.165) is 17.6 Å². The van der Waals surface area contributed by atoms with Gasteiger partial charge in [-0.15, -0.1) is 0 Å². The molecule has 1 fully saturated rings. The van der Waals surface area contributed by atoms with Crippen molar-refractivity contribution >= 4 is 21.9 Å². The fourth-order valence-electron chi connectivity index (χ4n) is 1.30. The molecule has 76 valence electrons. The predicted octanol–water partition coefficient (Wildman–Crippen LogP) is 1.39. The van der Waals surface area contributed by atoms with E-state index in [4.69, 9.17) is 5.73 Å². The largest absolute Gasteiger partial charge is 0.354 e. The van der Waals surface area contributed by atoms with Crippen LogP contribution in [0.5, 0.6) is 0 Å². The van der Waals surface area contributed by atoms with Crippen LogP contribution in [0.2, 0.25) is 0 Å². The molecule has 0 saturated heterocycles. The van der Waals surface area contributed by atoms with Crippen LogP contribution in [0.4, 0.5) is 5.95 Å². The number of hydrogen-bond donors (Lipinski definition) is 2. The Balaban J connectivity index is 1.89. The number of nitrogens with zero attached hydrogens (tertiary/aromatic N) is 2. The molecule has 0 amide bonds. The zero-order valence-electron chi connectivity index (χ0n) is 7.83. The minimum absolute atomic E-state index is 0.316. The summed E-state index contributed by atoms with van der Waals surface area (Å²) in [5, 5.41) is 3.20. The average molecular weight is 257 g/mol. The van der Waals surface area contributed by atoms with E-state index in [0.29, 0.717) is 11.4 Å². The maximum atomic E-state index is 5.67. The van der Waals surface area contributed by atoms with E-state index in [9.17, 15) is 0 Å². The lowest BCUT2D eigenvalue weighted by atomic mass is 10.1. The van der Waals surface area contributed by atoms with E-state index in [1.807, 2.05) is 0 Å². The lowest BCUT2D eigenvalue weighted by Crippen LogP contribution is -2.24. The number of anilines is 1. The van der Waals surface area contributed by atoms with E-state index in [1.165, 1.54) is 12.8 Å². The molecule has 1 aromatic heterocycles. The first-order chi connectivity index (χ1) is 6.74. The first-order valence-electron chi connectivity index (χ1n) is 4.66. The van der Waals surface area contributed by atoms with Crippen LogP contribution < -0.4 is 11.1 Å². The second-order valence-corrected chi connectivity index (χ2v) is 4.70. The molecule has 0 bridgehead atoms. The van der Waals surface area contributed by atoms with Crippen LogP contribution >= 0.6 is 15.9 Å². The molecule has 2 rings (SSSR count). The molecule has 3 N–H and O–H groups in total. The number of halogens is 1. The zero-order valence-corrected chi connectivity index (χ0v) is 9.42. The maximum absolute atomic E-state index is 5.67. The Morgan fingerprint density at radius 3 is 2.57 bits per heavy atom. The van der Waals surface area contributed by atoms with Crippen LogP contribution in [-0.2, 0) is 0 Å². The quantitative estimate of drug-likeness (QED) is 0.855. The second-order valence-electron chi connectivity index (χ2n) is 3.78. The van der Waals surface area contributed by atoms with Crippen molar-refractivity contribution in [3.8, 4) is 0 Å². The second kappa shape index (κ2) is 3.82. The third-order valence-corrected chi connectivity index (χ3v) is 3.04. The smallest absolute Gasteiger partial charge is 0.222 e. The minimum atomic E-state index is 0.316. The lowest BCUT2D eigenvalue weighted by molar-refractivity contribution is 0.554. The van der Waals surface area contributed by atoms with Crippen molar-refractivity contribution < 1.29 is 0 Å². The van der Waals surface area contributed by atoms with Crippen molar-refractivity contribution in [2.45, 2.75) is 12.8 Å². The molecular weight excluding hydrogens is 244 g/mol. The van der Waals surface area contributed by atoms with Gasteiger partial charge in [0.05, 0.1) is 4.47 Å². The van der Waals surface area contributed by atoms with Crippen LogP contribution in [0.15, 0.2) is 16.9 Å². The number of nitrogens with one attached hydrogen (secondary N) is 1. The Hall–Kier alpha value is -0.680. The number of aromatic nitrogens is 2. The van der Waals surface area contributed by atoms with Crippen molar-refractivity contribution in [3.63, 3.8) is 0 Å². The highest BCUT2D eigenvalue weighted by Gasteiger charge is 2.40. The Labute approximate surface area is 91.4 Å².